The molecule has 1 aromatic carbocycles. The average Bonchev–Trinajstić information content (AvgIpc) is 2.47. The molecule has 0 aromatic heterocycles. The largest absolute Gasteiger partial charge is 0.492 e. The molecule has 1 heterocycles. The van der Waals surface area contributed by atoms with Gasteiger partial charge in [0.25, 0.3) is 0 Å². The minimum absolute atomic E-state index is 0.623. The molecular formula is C17H28N2O. The number of hydrogen-bond donors (Lipinski definition) is 1. The second kappa shape index (κ2) is 8.28. The third-order valence-corrected chi connectivity index (χ3v) is 4.10. The Morgan fingerprint density at radius 1 is 1.20 bits per heavy atom. The lowest BCUT2D eigenvalue weighted by atomic mass is 10.1. The highest BCUT2D eigenvalue weighted by molar-refractivity contribution is 5.20. The molecule has 3 heteroatoms. The van der Waals surface area contributed by atoms with Gasteiger partial charge >= 0.3 is 0 Å². The highest BCUT2D eigenvalue weighted by atomic mass is 16.5. The zero-order valence-electron chi connectivity index (χ0n) is 12.8. The molecule has 0 aliphatic carbocycles. The molecule has 20 heavy (non-hydrogen) atoms. The summed E-state index contributed by atoms with van der Waals surface area (Å²) >= 11 is 0. The lowest BCUT2D eigenvalue weighted by Crippen LogP contribution is -2.44. The Hall–Kier alpha value is -1.06. The van der Waals surface area contributed by atoms with Crippen LogP contribution in [0, 0.1) is 0 Å². The van der Waals surface area contributed by atoms with Crippen LogP contribution in [0.1, 0.15) is 33.1 Å². The van der Waals surface area contributed by atoms with E-state index in [1.807, 2.05) is 30.3 Å². The highest BCUT2D eigenvalue weighted by Gasteiger charge is 2.17. The summed E-state index contributed by atoms with van der Waals surface area (Å²) in [7, 11) is 0. The molecule has 0 spiro atoms. The van der Waals surface area contributed by atoms with Crippen molar-refractivity contribution < 1.29 is 4.74 Å². The molecule has 112 valence electrons. The number of nitrogens with zero attached hydrogens (tertiary/aromatic N) is 1. The SMILES string of the molecule is CCC1CCN(CCOc2ccccc2)CCC(C)N1. The van der Waals surface area contributed by atoms with Crippen LogP contribution in [-0.2, 0) is 0 Å². The Bertz CT molecular complexity index is 369. The molecule has 0 saturated carbocycles. The number of ether oxygens (including phenoxy) is 1. The molecule has 1 saturated heterocycles. The third kappa shape index (κ3) is 5.14. The molecule has 0 bridgehead atoms. The van der Waals surface area contributed by atoms with E-state index in [4.69, 9.17) is 4.74 Å². The van der Waals surface area contributed by atoms with E-state index in [2.05, 4.69) is 24.1 Å². The van der Waals surface area contributed by atoms with Gasteiger partial charge in [0.05, 0.1) is 0 Å². The highest BCUT2D eigenvalue weighted by Crippen LogP contribution is 2.11. The van der Waals surface area contributed by atoms with Gasteiger partial charge in [-0.15, -0.1) is 0 Å². The number of para-hydroxylation sites is 1. The van der Waals surface area contributed by atoms with Gasteiger partial charge in [0.1, 0.15) is 12.4 Å². The summed E-state index contributed by atoms with van der Waals surface area (Å²) in [6, 6.07) is 11.4. The van der Waals surface area contributed by atoms with Crippen molar-refractivity contribution in [3.05, 3.63) is 30.3 Å². The van der Waals surface area contributed by atoms with Gasteiger partial charge < -0.3 is 10.1 Å². The van der Waals surface area contributed by atoms with Crippen molar-refractivity contribution in [2.45, 2.75) is 45.2 Å². The fourth-order valence-electron chi connectivity index (χ4n) is 2.75. The van der Waals surface area contributed by atoms with Gasteiger partial charge in [-0.3, -0.25) is 4.90 Å². The van der Waals surface area contributed by atoms with Crippen LogP contribution in [0.4, 0.5) is 0 Å². The van der Waals surface area contributed by atoms with Gasteiger partial charge in [-0.1, -0.05) is 25.1 Å². The van der Waals surface area contributed by atoms with Crippen molar-refractivity contribution in [1.29, 1.82) is 0 Å². The van der Waals surface area contributed by atoms with Crippen LogP contribution >= 0.6 is 0 Å². The molecule has 2 atom stereocenters. The van der Waals surface area contributed by atoms with Gasteiger partial charge in [-0.25, -0.2) is 0 Å². The van der Waals surface area contributed by atoms with E-state index in [1.165, 1.54) is 32.4 Å². The van der Waals surface area contributed by atoms with Crippen molar-refractivity contribution in [2.75, 3.05) is 26.2 Å². The molecule has 3 nitrogen and oxygen atoms in total. The van der Waals surface area contributed by atoms with Gasteiger partial charge in [-0.05, 0) is 51.4 Å². The minimum Gasteiger partial charge on any atom is -0.492 e. The molecule has 1 aliphatic heterocycles. The summed E-state index contributed by atoms with van der Waals surface area (Å²) in [6.45, 7) is 8.72. The van der Waals surface area contributed by atoms with Crippen LogP contribution in [0.3, 0.4) is 0 Å². The predicted molar refractivity (Wildman–Crippen MR) is 84.3 cm³/mol. The molecule has 0 amide bonds. The lowest BCUT2D eigenvalue weighted by molar-refractivity contribution is 0.177. The maximum Gasteiger partial charge on any atom is 0.119 e. The summed E-state index contributed by atoms with van der Waals surface area (Å²) in [5.74, 6) is 0.973. The van der Waals surface area contributed by atoms with Crippen LogP contribution in [-0.4, -0.2) is 43.2 Å². The Balaban J connectivity index is 1.74. The lowest BCUT2D eigenvalue weighted by Gasteiger charge is -2.31. The van der Waals surface area contributed by atoms with E-state index < -0.39 is 0 Å². The Morgan fingerprint density at radius 3 is 2.70 bits per heavy atom. The maximum atomic E-state index is 5.80. The molecule has 2 rings (SSSR count). The molecular weight excluding hydrogens is 248 g/mol. The van der Waals surface area contributed by atoms with Crippen molar-refractivity contribution in [2.24, 2.45) is 0 Å². The van der Waals surface area contributed by atoms with E-state index in [9.17, 15) is 0 Å². The maximum absolute atomic E-state index is 5.80. The number of nitrogens with one attached hydrogen (secondary N) is 1. The summed E-state index contributed by atoms with van der Waals surface area (Å²) in [5, 5.41) is 3.71. The summed E-state index contributed by atoms with van der Waals surface area (Å²) in [4.78, 5) is 2.54. The molecule has 1 N–H and O–H groups in total. The van der Waals surface area contributed by atoms with Gasteiger partial charge in [0, 0.05) is 18.6 Å². The topological polar surface area (TPSA) is 24.5 Å². The van der Waals surface area contributed by atoms with Crippen molar-refractivity contribution in [1.82, 2.24) is 10.2 Å². The van der Waals surface area contributed by atoms with Crippen LogP contribution < -0.4 is 10.1 Å². The van der Waals surface area contributed by atoms with Crippen molar-refractivity contribution in [3.63, 3.8) is 0 Å². The van der Waals surface area contributed by atoms with Crippen molar-refractivity contribution in [3.8, 4) is 5.75 Å². The second-order valence-corrected chi connectivity index (χ2v) is 5.75. The van der Waals surface area contributed by atoms with E-state index in [0.29, 0.717) is 12.1 Å². The minimum atomic E-state index is 0.623. The van der Waals surface area contributed by atoms with Gasteiger partial charge in [0.2, 0.25) is 0 Å². The van der Waals surface area contributed by atoms with Crippen LogP contribution in [0.15, 0.2) is 30.3 Å². The monoisotopic (exact) mass is 276 g/mol. The Kier molecular flexibility index (Phi) is 6.34. The Morgan fingerprint density at radius 2 is 1.95 bits per heavy atom. The zero-order chi connectivity index (χ0) is 14.2. The fraction of sp³-hybridized carbons (Fsp3) is 0.647. The quantitative estimate of drug-likeness (QED) is 0.895. The fourth-order valence-corrected chi connectivity index (χ4v) is 2.75. The first-order valence-corrected chi connectivity index (χ1v) is 7.94. The zero-order valence-corrected chi connectivity index (χ0v) is 12.8. The molecule has 1 aliphatic rings. The summed E-state index contributed by atoms with van der Waals surface area (Å²) in [5.41, 5.74) is 0. The molecule has 1 aromatic rings. The number of rotatable bonds is 5. The standard InChI is InChI=1S/C17H28N2O/c1-3-16-10-12-19(11-9-15(2)18-16)13-14-20-17-7-5-4-6-8-17/h4-8,15-16,18H,3,9-14H2,1-2H3. The predicted octanol–water partition coefficient (Wildman–Crippen LogP) is 2.92. The van der Waals surface area contributed by atoms with Crippen LogP contribution in [0.5, 0.6) is 5.75 Å². The normalized spacial score (nSPS) is 24.9. The molecule has 1 fully saturated rings. The van der Waals surface area contributed by atoms with E-state index in [0.717, 1.165) is 18.9 Å². The number of benzene rings is 1. The van der Waals surface area contributed by atoms with E-state index in [-0.39, 0.29) is 0 Å². The number of hydrogen-bond acceptors (Lipinski definition) is 3. The third-order valence-electron chi connectivity index (χ3n) is 4.10. The smallest absolute Gasteiger partial charge is 0.119 e. The Labute approximate surface area is 123 Å². The first kappa shape index (κ1) is 15.3. The van der Waals surface area contributed by atoms with E-state index >= 15 is 0 Å². The van der Waals surface area contributed by atoms with Gasteiger partial charge in [0.15, 0.2) is 0 Å². The first-order valence-electron chi connectivity index (χ1n) is 7.94. The van der Waals surface area contributed by atoms with Crippen molar-refractivity contribution >= 4 is 0 Å². The molecule has 2 unspecified atom stereocenters. The van der Waals surface area contributed by atoms with Crippen LogP contribution in [0.2, 0.25) is 0 Å². The van der Waals surface area contributed by atoms with Gasteiger partial charge in [-0.2, -0.15) is 0 Å². The first-order chi connectivity index (χ1) is 9.78. The average molecular weight is 276 g/mol. The van der Waals surface area contributed by atoms with E-state index in [1.54, 1.807) is 0 Å². The molecule has 0 radical (unpaired) electrons. The second-order valence-electron chi connectivity index (χ2n) is 5.75. The van der Waals surface area contributed by atoms with Crippen LogP contribution in [0.25, 0.3) is 0 Å². The summed E-state index contributed by atoms with van der Waals surface area (Å²) < 4.78 is 5.80. The summed E-state index contributed by atoms with van der Waals surface area (Å²) in [6.07, 6.45) is 3.69.